The van der Waals surface area contributed by atoms with Crippen LogP contribution in [0.3, 0.4) is 0 Å². The molecule has 3 fully saturated rings. The molecule has 0 radical (unpaired) electrons. The van der Waals surface area contributed by atoms with Crippen molar-refractivity contribution >= 4 is 17.6 Å². The molecule has 0 aromatic carbocycles. The summed E-state index contributed by atoms with van der Waals surface area (Å²) < 4.78 is 11.7. The van der Waals surface area contributed by atoms with E-state index in [1.165, 1.54) is 0 Å². The number of anilines is 3. The second-order valence-electron chi connectivity index (χ2n) is 7.92. The normalized spacial score (nSPS) is 21.8. The minimum Gasteiger partial charge on any atom is -0.356 e. The number of piperidine rings is 1. The molecule has 0 bridgehead atoms. The van der Waals surface area contributed by atoms with E-state index in [1.54, 1.807) is 0 Å². The molecule has 0 N–H and O–H groups in total. The van der Waals surface area contributed by atoms with Crippen molar-refractivity contribution in [2.75, 3.05) is 67.2 Å². The smallest absolute Gasteiger partial charge is 0.227 e. The van der Waals surface area contributed by atoms with Gasteiger partial charge in [0, 0.05) is 70.1 Å². The van der Waals surface area contributed by atoms with Gasteiger partial charge in [0.25, 0.3) is 0 Å². The Bertz CT molecular complexity index is 824. The van der Waals surface area contributed by atoms with Gasteiger partial charge in [-0.2, -0.15) is 4.98 Å². The van der Waals surface area contributed by atoms with E-state index < -0.39 is 0 Å². The van der Waals surface area contributed by atoms with Gasteiger partial charge in [-0.25, -0.2) is 9.97 Å². The first kappa shape index (κ1) is 18.6. The second-order valence-corrected chi connectivity index (χ2v) is 7.92. The molecular weight excluding hydrogens is 368 g/mol. The van der Waals surface area contributed by atoms with Gasteiger partial charge < -0.3 is 24.2 Å². The fraction of sp³-hybridized carbons (Fsp3) is 0.571. The van der Waals surface area contributed by atoms with Crippen LogP contribution in [0.1, 0.15) is 18.5 Å². The van der Waals surface area contributed by atoms with Crippen molar-refractivity contribution < 1.29 is 9.47 Å². The van der Waals surface area contributed by atoms with Crippen LogP contribution in [0.15, 0.2) is 30.5 Å². The second kappa shape index (κ2) is 7.76. The van der Waals surface area contributed by atoms with Crippen LogP contribution < -0.4 is 14.7 Å². The third-order valence-electron chi connectivity index (χ3n) is 6.03. The molecule has 0 amide bonds. The van der Waals surface area contributed by atoms with E-state index in [2.05, 4.69) is 31.8 Å². The van der Waals surface area contributed by atoms with Gasteiger partial charge in [0.05, 0.1) is 13.2 Å². The molecule has 0 aliphatic carbocycles. The summed E-state index contributed by atoms with van der Waals surface area (Å²) in [6.07, 6.45) is 3.62. The Labute approximate surface area is 171 Å². The monoisotopic (exact) mass is 396 g/mol. The zero-order valence-electron chi connectivity index (χ0n) is 17.0. The minimum absolute atomic E-state index is 0.358. The van der Waals surface area contributed by atoms with Gasteiger partial charge in [-0.3, -0.25) is 0 Å². The molecule has 5 heterocycles. The maximum atomic E-state index is 5.86. The average Bonchev–Trinajstić information content (AvgIpc) is 3.22. The van der Waals surface area contributed by atoms with Crippen molar-refractivity contribution in [1.82, 2.24) is 15.0 Å². The van der Waals surface area contributed by atoms with Crippen molar-refractivity contribution in [2.24, 2.45) is 0 Å². The van der Waals surface area contributed by atoms with Crippen LogP contribution in [-0.4, -0.2) is 73.2 Å². The van der Waals surface area contributed by atoms with Gasteiger partial charge in [-0.05, 0) is 19.1 Å². The molecule has 1 spiro atoms. The molecule has 0 unspecified atom stereocenters. The molecule has 8 heteroatoms. The Morgan fingerprint density at radius 3 is 2.21 bits per heavy atom. The van der Waals surface area contributed by atoms with Gasteiger partial charge in [0.2, 0.25) is 5.95 Å². The van der Waals surface area contributed by atoms with E-state index in [9.17, 15) is 0 Å². The Balaban J connectivity index is 1.26. The number of piperazine rings is 1. The highest BCUT2D eigenvalue weighted by molar-refractivity contribution is 5.48. The zero-order chi connectivity index (χ0) is 19.7. The Morgan fingerprint density at radius 2 is 1.52 bits per heavy atom. The predicted molar refractivity (Wildman–Crippen MR) is 112 cm³/mol. The Kier molecular flexibility index (Phi) is 4.97. The number of pyridine rings is 1. The zero-order valence-corrected chi connectivity index (χ0v) is 17.0. The van der Waals surface area contributed by atoms with E-state index in [0.717, 1.165) is 75.4 Å². The highest BCUT2D eigenvalue weighted by Crippen LogP contribution is 2.33. The highest BCUT2D eigenvalue weighted by atomic mass is 16.7. The molecule has 0 saturated carbocycles. The van der Waals surface area contributed by atoms with Crippen molar-refractivity contribution in [3.63, 3.8) is 0 Å². The van der Waals surface area contributed by atoms with E-state index in [-0.39, 0.29) is 5.79 Å². The summed E-state index contributed by atoms with van der Waals surface area (Å²) in [4.78, 5) is 21.0. The number of nitrogens with zero attached hydrogens (tertiary/aromatic N) is 6. The van der Waals surface area contributed by atoms with Crippen LogP contribution in [0.4, 0.5) is 17.6 Å². The van der Waals surface area contributed by atoms with E-state index in [1.807, 2.05) is 25.3 Å². The van der Waals surface area contributed by atoms with Crippen molar-refractivity contribution in [1.29, 1.82) is 0 Å². The lowest BCUT2D eigenvalue weighted by Crippen LogP contribution is -2.48. The molecule has 5 rings (SSSR count). The Morgan fingerprint density at radius 1 is 0.828 bits per heavy atom. The lowest BCUT2D eigenvalue weighted by Gasteiger charge is -2.39. The van der Waals surface area contributed by atoms with Gasteiger partial charge in [-0.1, -0.05) is 6.07 Å². The maximum Gasteiger partial charge on any atom is 0.227 e. The lowest BCUT2D eigenvalue weighted by molar-refractivity contribution is -0.169. The average molecular weight is 396 g/mol. The predicted octanol–water partition coefficient (Wildman–Crippen LogP) is 1.85. The van der Waals surface area contributed by atoms with Crippen LogP contribution >= 0.6 is 0 Å². The first-order valence-corrected chi connectivity index (χ1v) is 10.5. The molecule has 3 saturated heterocycles. The van der Waals surface area contributed by atoms with Crippen molar-refractivity contribution in [3.8, 4) is 0 Å². The van der Waals surface area contributed by atoms with Crippen LogP contribution in [0.25, 0.3) is 0 Å². The largest absolute Gasteiger partial charge is 0.356 e. The summed E-state index contributed by atoms with van der Waals surface area (Å²) in [6.45, 7) is 8.88. The SMILES string of the molecule is Cc1cc(N2CCC3(CC2)OCCO3)nc(N2CCN(c3ccccn3)CC2)n1. The van der Waals surface area contributed by atoms with Crippen LogP contribution in [-0.2, 0) is 9.47 Å². The van der Waals surface area contributed by atoms with E-state index in [4.69, 9.17) is 19.4 Å². The third kappa shape index (κ3) is 3.86. The number of ether oxygens (including phenoxy) is 2. The fourth-order valence-corrected chi connectivity index (χ4v) is 4.38. The molecule has 3 aliphatic heterocycles. The van der Waals surface area contributed by atoms with E-state index in [0.29, 0.717) is 13.2 Å². The number of hydrogen-bond acceptors (Lipinski definition) is 8. The first-order chi connectivity index (χ1) is 14.2. The molecule has 154 valence electrons. The number of rotatable bonds is 3. The number of aryl methyl sites for hydroxylation is 1. The number of aromatic nitrogens is 3. The molecule has 3 aliphatic rings. The first-order valence-electron chi connectivity index (χ1n) is 10.5. The van der Waals surface area contributed by atoms with Gasteiger partial charge in [0.15, 0.2) is 5.79 Å². The highest BCUT2D eigenvalue weighted by Gasteiger charge is 2.40. The molecule has 2 aromatic rings. The van der Waals surface area contributed by atoms with Gasteiger partial charge in [-0.15, -0.1) is 0 Å². The molecule has 0 atom stereocenters. The molecular formula is C21H28N6O2. The molecule has 2 aromatic heterocycles. The third-order valence-corrected chi connectivity index (χ3v) is 6.03. The van der Waals surface area contributed by atoms with Crippen LogP contribution in [0.2, 0.25) is 0 Å². The topological polar surface area (TPSA) is 66.9 Å². The summed E-state index contributed by atoms with van der Waals surface area (Å²) in [5.74, 6) is 2.52. The summed E-state index contributed by atoms with van der Waals surface area (Å²) in [6, 6.07) is 8.14. The van der Waals surface area contributed by atoms with Crippen molar-refractivity contribution in [3.05, 3.63) is 36.2 Å². The quantitative estimate of drug-likeness (QED) is 0.779. The van der Waals surface area contributed by atoms with Crippen LogP contribution in [0, 0.1) is 6.92 Å². The summed E-state index contributed by atoms with van der Waals surface area (Å²) in [5, 5.41) is 0. The van der Waals surface area contributed by atoms with Crippen LogP contribution in [0.5, 0.6) is 0 Å². The van der Waals surface area contributed by atoms with Gasteiger partial charge >= 0.3 is 0 Å². The minimum atomic E-state index is -0.358. The fourth-order valence-electron chi connectivity index (χ4n) is 4.38. The van der Waals surface area contributed by atoms with E-state index >= 15 is 0 Å². The van der Waals surface area contributed by atoms with Crippen molar-refractivity contribution in [2.45, 2.75) is 25.6 Å². The number of hydrogen-bond donors (Lipinski definition) is 0. The standard InChI is InChI=1S/C21H28N6O2/c1-17-16-19(25-8-5-21(6-9-25)28-14-15-29-21)24-20(23-17)27-12-10-26(11-13-27)18-4-2-3-7-22-18/h2-4,7,16H,5-6,8-15H2,1H3. The maximum absolute atomic E-state index is 5.86. The molecule has 29 heavy (non-hydrogen) atoms. The Hall–Kier alpha value is -2.45. The molecule has 8 nitrogen and oxygen atoms in total. The lowest BCUT2D eigenvalue weighted by atomic mass is 10.0. The summed E-state index contributed by atoms with van der Waals surface area (Å²) >= 11 is 0. The summed E-state index contributed by atoms with van der Waals surface area (Å²) in [5.41, 5.74) is 1.01. The van der Waals surface area contributed by atoms with Gasteiger partial charge in [0.1, 0.15) is 11.6 Å². The summed E-state index contributed by atoms with van der Waals surface area (Å²) in [7, 11) is 0.